The van der Waals surface area contributed by atoms with E-state index < -0.39 is 16.1 Å². The Morgan fingerprint density at radius 1 is 0.862 bits per heavy atom. The maximum atomic E-state index is 11.2. The average Bonchev–Trinajstić information content (AvgIpc) is 2.64. The quantitative estimate of drug-likeness (QED) is 0.135. The lowest BCUT2D eigenvalue weighted by atomic mass is 9.95. The Morgan fingerprint density at radius 3 is 2.07 bits per heavy atom. The number of hydrogen-bond donors (Lipinski definition) is 3. The highest BCUT2D eigenvalue weighted by Crippen LogP contribution is 2.18. The summed E-state index contributed by atoms with van der Waals surface area (Å²) in [7, 11) is -3.85. The van der Waals surface area contributed by atoms with Crippen molar-refractivity contribution in [2.75, 3.05) is 5.75 Å². The zero-order chi connectivity index (χ0) is 22.0. The predicted octanol–water partition coefficient (Wildman–Crippen LogP) is 5.36. The Labute approximate surface area is 177 Å². The van der Waals surface area contributed by atoms with E-state index in [0.29, 0.717) is 19.3 Å². The number of rotatable bonds is 20. The van der Waals surface area contributed by atoms with Gasteiger partial charge in [0, 0.05) is 0 Å². The topological polar surface area (TPSA) is 112 Å². The van der Waals surface area contributed by atoms with Gasteiger partial charge in [0.25, 0.3) is 10.1 Å². The first-order valence-electron chi connectivity index (χ1n) is 11.3. The number of aliphatic hydroxyl groups is 1. The number of allylic oxidation sites excluding steroid dienone is 1. The SMILES string of the molecule is CCCCC(CCCCCCC=CC[C@H](O)CCCCCCS(=O)(=O)O)C(=O)O. The summed E-state index contributed by atoms with van der Waals surface area (Å²) in [6, 6.07) is 0. The van der Waals surface area contributed by atoms with Crippen molar-refractivity contribution in [3.05, 3.63) is 12.2 Å². The molecule has 0 amide bonds. The minimum absolute atomic E-state index is 0.181. The number of aliphatic carboxylic acids is 1. The molecule has 0 aliphatic rings. The maximum absolute atomic E-state index is 11.2. The summed E-state index contributed by atoms with van der Waals surface area (Å²) in [6.07, 6.45) is 16.9. The number of carboxylic acids is 1. The minimum atomic E-state index is -3.85. The number of carbonyl (C=O) groups is 1. The van der Waals surface area contributed by atoms with Gasteiger partial charge in [-0.25, -0.2) is 0 Å². The van der Waals surface area contributed by atoms with Crippen LogP contribution in [0.1, 0.15) is 103 Å². The molecule has 1 unspecified atom stereocenters. The van der Waals surface area contributed by atoms with Crippen LogP contribution in [0.4, 0.5) is 0 Å². The molecule has 0 bridgehead atoms. The molecule has 0 aliphatic heterocycles. The molecule has 0 aromatic rings. The van der Waals surface area contributed by atoms with E-state index in [9.17, 15) is 23.4 Å². The van der Waals surface area contributed by atoms with Gasteiger partial charge < -0.3 is 10.2 Å². The van der Waals surface area contributed by atoms with Crippen LogP contribution in [0.2, 0.25) is 0 Å². The van der Waals surface area contributed by atoms with Crippen molar-refractivity contribution < 1.29 is 28.0 Å². The van der Waals surface area contributed by atoms with E-state index in [-0.39, 0.29) is 17.8 Å². The van der Waals surface area contributed by atoms with Crippen LogP contribution in [0.5, 0.6) is 0 Å². The molecular weight excluding hydrogens is 392 g/mol. The van der Waals surface area contributed by atoms with Crippen LogP contribution in [-0.4, -0.2) is 41.0 Å². The van der Waals surface area contributed by atoms with E-state index in [1.807, 2.05) is 6.08 Å². The number of aliphatic hydroxyl groups excluding tert-OH is 1. The molecule has 0 aromatic heterocycles. The van der Waals surface area contributed by atoms with Gasteiger partial charge in [0.15, 0.2) is 0 Å². The summed E-state index contributed by atoms with van der Waals surface area (Å²) >= 11 is 0. The van der Waals surface area contributed by atoms with Crippen molar-refractivity contribution in [2.45, 2.75) is 109 Å². The van der Waals surface area contributed by atoms with Gasteiger partial charge in [-0.3, -0.25) is 9.35 Å². The molecule has 0 aromatic carbocycles. The molecule has 0 fully saturated rings. The molecule has 2 atom stereocenters. The standard InChI is InChI=1S/C22H42O6S/c1-2-3-15-20(22(24)25)16-11-7-5-4-6-8-12-17-21(23)18-13-9-10-14-19-29(26,27)28/h8,12,20-21,23H,2-7,9-11,13-19H2,1H3,(H,24,25)(H,26,27,28)/t20?,21-/m0/s1. The first-order valence-corrected chi connectivity index (χ1v) is 12.9. The number of hydrogen-bond acceptors (Lipinski definition) is 4. The van der Waals surface area contributed by atoms with Crippen LogP contribution in [0.25, 0.3) is 0 Å². The smallest absolute Gasteiger partial charge is 0.306 e. The van der Waals surface area contributed by atoms with Crippen LogP contribution >= 0.6 is 0 Å². The van der Waals surface area contributed by atoms with Crippen molar-refractivity contribution in [2.24, 2.45) is 5.92 Å². The molecule has 7 heteroatoms. The summed E-state index contributed by atoms with van der Waals surface area (Å²) in [6.45, 7) is 2.09. The van der Waals surface area contributed by atoms with E-state index in [1.54, 1.807) is 0 Å². The molecule has 6 nitrogen and oxygen atoms in total. The molecule has 0 saturated carbocycles. The van der Waals surface area contributed by atoms with Gasteiger partial charge in [-0.1, -0.05) is 70.4 Å². The molecule has 0 rings (SSSR count). The van der Waals surface area contributed by atoms with Gasteiger partial charge in [-0.15, -0.1) is 0 Å². The van der Waals surface area contributed by atoms with Crippen LogP contribution in [0.15, 0.2) is 12.2 Å². The molecule has 3 N–H and O–H groups in total. The zero-order valence-corrected chi connectivity index (χ0v) is 18.9. The minimum Gasteiger partial charge on any atom is -0.481 e. The third kappa shape index (κ3) is 20.1. The Kier molecular flexibility index (Phi) is 17.3. The molecule has 0 aliphatic carbocycles. The summed E-state index contributed by atoms with van der Waals surface area (Å²) in [5.41, 5.74) is 0. The highest BCUT2D eigenvalue weighted by molar-refractivity contribution is 7.85. The van der Waals surface area contributed by atoms with E-state index in [0.717, 1.165) is 77.0 Å². The second kappa shape index (κ2) is 17.9. The van der Waals surface area contributed by atoms with E-state index in [1.165, 1.54) is 0 Å². The van der Waals surface area contributed by atoms with Gasteiger partial charge in [0.05, 0.1) is 17.8 Å². The van der Waals surface area contributed by atoms with Crippen molar-refractivity contribution >= 4 is 16.1 Å². The fraction of sp³-hybridized carbons (Fsp3) is 0.864. The van der Waals surface area contributed by atoms with Gasteiger partial charge in [-0.05, 0) is 44.9 Å². The van der Waals surface area contributed by atoms with Gasteiger partial charge in [0.1, 0.15) is 0 Å². The maximum Gasteiger partial charge on any atom is 0.306 e. The van der Waals surface area contributed by atoms with Gasteiger partial charge in [-0.2, -0.15) is 8.42 Å². The fourth-order valence-electron chi connectivity index (χ4n) is 3.36. The highest BCUT2D eigenvalue weighted by atomic mass is 32.2. The lowest BCUT2D eigenvalue weighted by Crippen LogP contribution is -2.13. The third-order valence-electron chi connectivity index (χ3n) is 5.19. The van der Waals surface area contributed by atoms with Crippen molar-refractivity contribution in [3.63, 3.8) is 0 Å². The van der Waals surface area contributed by atoms with Crippen molar-refractivity contribution in [1.29, 1.82) is 0 Å². The highest BCUT2D eigenvalue weighted by Gasteiger charge is 2.15. The molecule has 0 heterocycles. The van der Waals surface area contributed by atoms with Crippen LogP contribution in [0.3, 0.4) is 0 Å². The second-order valence-electron chi connectivity index (χ2n) is 8.02. The van der Waals surface area contributed by atoms with Gasteiger partial charge in [0.2, 0.25) is 0 Å². The normalized spacial score (nSPS) is 14.3. The molecule has 0 saturated heterocycles. The zero-order valence-electron chi connectivity index (χ0n) is 18.1. The van der Waals surface area contributed by atoms with Crippen LogP contribution in [0, 0.1) is 5.92 Å². The molecule has 0 radical (unpaired) electrons. The Hall–Kier alpha value is -0.920. The Balaban J connectivity index is 3.55. The van der Waals surface area contributed by atoms with Crippen molar-refractivity contribution in [3.8, 4) is 0 Å². The van der Waals surface area contributed by atoms with E-state index in [4.69, 9.17) is 4.55 Å². The summed E-state index contributed by atoms with van der Waals surface area (Å²) in [4.78, 5) is 11.2. The molecular formula is C22H42O6S. The Bertz CT molecular complexity index is 529. The summed E-state index contributed by atoms with van der Waals surface area (Å²) < 4.78 is 29.8. The summed E-state index contributed by atoms with van der Waals surface area (Å²) in [5, 5.41) is 19.1. The molecule has 0 spiro atoms. The largest absolute Gasteiger partial charge is 0.481 e. The third-order valence-corrected chi connectivity index (χ3v) is 6.00. The van der Waals surface area contributed by atoms with Crippen LogP contribution in [-0.2, 0) is 14.9 Å². The summed E-state index contributed by atoms with van der Waals surface area (Å²) in [5.74, 6) is -1.02. The van der Waals surface area contributed by atoms with E-state index in [2.05, 4.69) is 13.0 Å². The Morgan fingerprint density at radius 2 is 1.45 bits per heavy atom. The number of unbranched alkanes of at least 4 members (excludes halogenated alkanes) is 8. The first kappa shape index (κ1) is 28.1. The van der Waals surface area contributed by atoms with Gasteiger partial charge >= 0.3 is 5.97 Å². The lowest BCUT2D eigenvalue weighted by Gasteiger charge is -2.11. The van der Waals surface area contributed by atoms with Crippen LogP contribution < -0.4 is 0 Å². The lowest BCUT2D eigenvalue weighted by molar-refractivity contribution is -0.142. The van der Waals surface area contributed by atoms with E-state index >= 15 is 0 Å². The molecule has 172 valence electrons. The molecule has 29 heavy (non-hydrogen) atoms. The van der Waals surface area contributed by atoms with Crippen molar-refractivity contribution in [1.82, 2.24) is 0 Å². The first-order chi connectivity index (χ1) is 13.8. The predicted molar refractivity (Wildman–Crippen MR) is 118 cm³/mol. The monoisotopic (exact) mass is 434 g/mol. The number of carboxylic acid groups (broad SMARTS) is 1. The fourth-order valence-corrected chi connectivity index (χ4v) is 3.92. The average molecular weight is 435 g/mol. The second-order valence-corrected chi connectivity index (χ2v) is 9.59.